The summed E-state index contributed by atoms with van der Waals surface area (Å²) in [6.45, 7) is 5.09. The van der Waals surface area contributed by atoms with Crippen LogP contribution < -0.4 is 9.64 Å². The number of ether oxygens (including phenoxy) is 1. The normalized spacial score (nSPS) is 16.9. The van der Waals surface area contributed by atoms with Crippen LogP contribution in [0.3, 0.4) is 0 Å². The number of imide groups is 1. The maximum atomic E-state index is 13.5. The molecule has 0 saturated carbocycles. The highest BCUT2D eigenvalue weighted by molar-refractivity contribution is 6.36. The summed E-state index contributed by atoms with van der Waals surface area (Å²) in [5.41, 5.74) is 1.58. The van der Waals surface area contributed by atoms with E-state index in [0.717, 1.165) is 19.3 Å². The fraction of sp³-hybridized carbons (Fsp3) is 0.417. The van der Waals surface area contributed by atoms with Gasteiger partial charge in [0.1, 0.15) is 11.4 Å². The summed E-state index contributed by atoms with van der Waals surface area (Å²) in [7, 11) is 1.58. The number of nitrogens with zero attached hydrogens (tertiary/aromatic N) is 5. The lowest BCUT2D eigenvalue weighted by Gasteiger charge is -2.36. The molecule has 4 rings (SSSR count). The predicted octanol–water partition coefficient (Wildman–Crippen LogP) is 2.58. The molecule has 168 valence electrons. The number of aromatic nitrogens is 2. The second-order valence-electron chi connectivity index (χ2n) is 7.92. The van der Waals surface area contributed by atoms with E-state index in [1.54, 1.807) is 25.6 Å². The standard InChI is InChI=1S/C24H29N5O3/c1-3-4-7-13-29-22(30)20(18-9-5-6-10-19(18)32-2)21(23(29)31)27-14-16-28(17-15-27)24-25-11-8-12-26-24/h5-6,8-12H,3-4,7,13-17H2,1-2H3. The van der Waals surface area contributed by atoms with Gasteiger partial charge in [-0.05, 0) is 18.6 Å². The molecule has 0 aliphatic carbocycles. The van der Waals surface area contributed by atoms with E-state index in [9.17, 15) is 9.59 Å². The van der Waals surface area contributed by atoms with Gasteiger partial charge in [-0.2, -0.15) is 0 Å². The Hall–Kier alpha value is -3.42. The number of methoxy groups -OCH3 is 1. The van der Waals surface area contributed by atoms with Gasteiger partial charge in [-0.1, -0.05) is 38.0 Å². The Kier molecular flexibility index (Phi) is 6.68. The van der Waals surface area contributed by atoms with Gasteiger partial charge in [0.05, 0.1) is 12.7 Å². The largest absolute Gasteiger partial charge is 0.496 e. The fourth-order valence-corrected chi connectivity index (χ4v) is 4.26. The maximum Gasteiger partial charge on any atom is 0.277 e. The van der Waals surface area contributed by atoms with Gasteiger partial charge in [0.2, 0.25) is 5.95 Å². The first-order chi connectivity index (χ1) is 15.7. The highest BCUT2D eigenvalue weighted by Gasteiger charge is 2.42. The van der Waals surface area contributed by atoms with Gasteiger partial charge < -0.3 is 14.5 Å². The van der Waals surface area contributed by atoms with E-state index in [0.29, 0.717) is 61.3 Å². The first-order valence-corrected chi connectivity index (χ1v) is 11.2. The van der Waals surface area contributed by atoms with Crippen LogP contribution in [0.1, 0.15) is 31.7 Å². The number of rotatable bonds is 8. The topological polar surface area (TPSA) is 78.9 Å². The van der Waals surface area contributed by atoms with Gasteiger partial charge in [0.15, 0.2) is 0 Å². The number of piperazine rings is 1. The Morgan fingerprint density at radius 1 is 0.906 bits per heavy atom. The summed E-state index contributed by atoms with van der Waals surface area (Å²) in [6, 6.07) is 9.19. The minimum Gasteiger partial charge on any atom is -0.496 e. The molecule has 0 unspecified atom stereocenters. The Labute approximate surface area is 188 Å². The Balaban J connectivity index is 1.64. The second kappa shape index (κ2) is 9.80. The van der Waals surface area contributed by atoms with E-state index in [4.69, 9.17) is 4.74 Å². The molecule has 1 aromatic carbocycles. The third kappa shape index (κ3) is 4.17. The number of anilines is 1. The Morgan fingerprint density at radius 2 is 1.59 bits per heavy atom. The van der Waals surface area contributed by atoms with E-state index in [1.807, 2.05) is 29.2 Å². The number of benzene rings is 1. The van der Waals surface area contributed by atoms with Gasteiger partial charge in [-0.25, -0.2) is 9.97 Å². The van der Waals surface area contributed by atoms with Crippen LogP contribution in [0.25, 0.3) is 5.57 Å². The molecule has 0 radical (unpaired) electrons. The zero-order valence-electron chi connectivity index (χ0n) is 18.7. The molecule has 1 saturated heterocycles. The average Bonchev–Trinajstić information content (AvgIpc) is 3.09. The first kappa shape index (κ1) is 21.8. The smallest absolute Gasteiger partial charge is 0.277 e. The van der Waals surface area contributed by atoms with Gasteiger partial charge in [0.25, 0.3) is 11.8 Å². The summed E-state index contributed by atoms with van der Waals surface area (Å²) >= 11 is 0. The van der Waals surface area contributed by atoms with E-state index in [2.05, 4.69) is 21.8 Å². The summed E-state index contributed by atoms with van der Waals surface area (Å²) in [5, 5.41) is 0. The number of para-hydroxylation sites is 1. The predicted molar refractivity (Wildman–Crippen MR) is 122 cm³/mol. The van der Waals surface area contributed by atoms with Crippen molar-refractivity contribution in [1.29, 1.82) is 0 Å². The summed E-state index contributed by atoms with van der Waals surface area (Å²) in [4.78, 5) is 41.1. The highest BCUT2D eigenvalue weighted by atomic mass is 16.5. The SMILES string of the molecule is CCCCCN1C(=O)C(c2ccccc2OC)=C(N2CCN(c3ncccn3)CC2)C1=O. The molecule has 3 heterocycles. The molecule has 1 aromatic heterocycles. The molecule has 0 N–H and O–H groups in total. The quantitative estimate of drug-likeness (QED) is 0.466. The molecule has 32 heavy (non-hydrogen) atoms. The van der Waals surface area contributed by atoms with Crippen molar-refractivity contribution in [3.05, 3.63) is 54.0 Å². The van der Waals surface area contributed by atoms with Crippen molar-refractivity contribution in [2.45, 2.75) is 26.2 Å². The van der Waals surface area contributed by atoms with Crippen LogP contribution in [-0.4, -0.2) is 71.4 Å². The van der Waals surface area contributed by atoms with Crippen LogP contribution in [0.4, 0.5) is 5.95 Å². The van der Waals surface area contributed by atoms with Crippen LogP contribution in [0.15, 0.2) is 48.4 Å². The molecule has 2 aromatic rings. The zero-order valence-corrected chi connectivity index (χ0v) is 18.7. The summed E-state index contributed by atoms with van der Waals surface area (Å²) < 4.78 is 5.53. The number of hydrogen-bond donors (Lipinski definition) is 0. The molecule has 2 aliphatic rings. The van der Waals surface area contributed by atoms with E-state index in [1.165, 1.54) is 4.90 Å². The van der Waals surface area contributed by atoms with Crippen molar-refractivity contribution < 1.29 is 14.3 Å². The average molecular weight is 436 g/mol. The number of hydrogen-bond acceptors (Lipinski definition) is 7. The lowest BCUT2D eigenvalue weighted by Crippen LogP contribution is -2.48. The molecule has 1 fully saturated rings. The minimum atomic E-state index is -0.237. The Bertz CT molecular complexity index is 1000. The maximum absolute atomic E-state index is 13.5. The summed E-state index contributed by atoms with van der Waals surface area (Å²) in [6.07, 6.45) is 6.26. The summed E-state index contributed by atoms with van der Waals surface area (Å²) in [5.74, 6) is 0.824. The lowest BCUT2D eigenvalue weighted by molar-refractivity contribution is -0.137. The van der Waals surface area contributed by atoms with Gasteiger partial charge in [-0.15, -0.1) is 0 Å². The third-order valence-corrected chi connectivity index (χ3v) is 5.94. The van der Waals surface area contributed by atoms with Crippen molar-refractivity contribution >= 4 is 23.3 Å². The molecule has 8 nitrogen and oxygen atoms in total. The first-order valence-electron chi connectivity index (χ1n) is 11.2. The van der Waals surface area contributed by atoms with Gasteiger partial charge in [0, 0.05) is 50.7 Å². The number of amides is 2. The van der Waals surface area contributed by atoms with Crippen LogP contribution >= 0.6 is 0 Å². The molecule has 2 aliphatic heterocycles. The van der Waals surface area contributed by atoms with Crippen LogP contribution in [-0.2, 0) is 9.59 Å². The molecule has 0 spiro atoms. The molecule has 2 amide bonds. The van der Waals surface area contributed by atoms with Gasteiger partial charge >= 0.3 is 0 Å². The number of unbranched alkanes of at least 4 members (excludes halogenated alkanes) is 2. The van der Waals surface area contributed by atoms with Crippen molar-refractivity contribution in [3.63, 3.8) is 0 Å². The monoisotopic (exact) mass is 435 g/mol. The zero-order chi connectivity index (χ0) is 22.5. The third-order valence-electron chi connectivity index (χ3n) is 5.94. The lowest BCUT2D eigenvalue weighted by atomic mass is 10.0. The van der Waals surface area contributed by atoms with Crippen molar-refractivity contribution in [2.24, 2.45) is 0 Å². The Morgan fingerprint density at radius 3 is 2.28 bits per heavy atom. The molecule has 8 heteroatoms. The fourth-order valence-electron chi connectivity index (χ4n) is 4.26. The van der Waals surface area contributed by atoms with Crippen molar-refractivity contribution in [2.75, 3.05) is 44.7 Å². The molecular weight excluding hydrogens is 406 g/mol. The number of carbonyl (C=O) groups excluding carboxylic acids is 2. The minimum absolute atomic E-state index is 0.212. The van der Waals surface area contributed by atoms with Crippen LogP contribution in [0.5, 0.6) is 5.75 Å². The molecule has 0 bridgehead atoms. The van der Waals surface area contributed by atoms with E-state index >= 15 is 0 Å². The molecular formula is C24H29N5O3. The number of carbonyl (C=O) groups is 2. The van der Waals surface area contributed by atoms with Crippen molar-refractivity contribution in [1.82, 2.24) is 19.8 Å². The van der Waals surface area contributed by atoms with Crippen LogP contribution in [0.2, 0.25) is 0 Å². The molecule has 0 atom stereocenters. The van der Waals surface area contributed by atoms with Gasteiger partial charge in [-0.3, -0.25) is 14.5 Å². The van der Waals surface area contributed by atoms with E-state index in [-0.39, 0.29) is 11.8 Å². The second-order valence-corrected chi connectivity index (χ2v) is 7.92. The van der Waals surface area contributed by atoms with Crippen molar-refractivity contribution in [3.8, 4) is 5.75 Å². The van der Waals surface area contributed by atoms with Crippen LogP contribution in [0, 0.1) is 0 Å². The highest BCUT2D eigenvalue weighted by Crippen LogP contribution is 2.36. The van der Waals surface area contributed by atoms with E-state index < -0.39 is 0 Å².